The number of esters is 1. The summed E-state index contributed by atoms with van der Waals surface area (Å²) in [6.07, 6.45) is 2.98. The SMILES string of the molecule is COC(=O)c1ccc(/C=C/C(=O)NCCO)cc1. The molecule has 18 heavy (non-hydrogen) atoms. The molecule has 5 nitrogen and oxygen atoms in total. The second-order valence-electron chi connectivity index (χ2n) is 3.46. The summed E-state index contributed by atoms with van der Waals surface area (Å²) in [5.74, 6) is -0.674. The van der Waals surface area contributed by atoms with Crippen LogP contribution in [0.15, 0.2) is 30.3 Å². The lowest BCUT2D eigenvalue weighted by Crippen LogP contribution is -2.24. The number of nitrogens with one attached hydrogen (secondary N) is 1. The molecule has 0 aliphatic heterocycles. The van der Waals surface area contributed by atoms with Gasteiger partial charge < -0.3 is 15.2 Å². The van der Waals surface area contributed by atoms with Gasteiger partial charge in [-0.25, -0.2) is 4.79 Å². The van der Waals surface area contributed by atoms with Crippen LogP contribution in [-0.2, 0) is 9.53 Å². The maximum Gasteiger partial charge on any atom is 0.337 e. The van der Waals surface area contributed by atoms with Gasteiger partial charge in [-0.15, -0.1) is 0 Å². The summed E-state index contributed by atoms with van der Waals surface area (Å²) in [6, 6.07) is 6.67. The molecule has 1 aromatic rings. The van der Waals surface area contributed by atoms with Crippen molar-refractivity contribution >= 4 is 18.0 Å². The first-order valence-corrected chi connectivity index (χ1v) is 5.42. The van der Waals surface area contributed by atoms with Gasteiger partial charge in [0.15, 0.2) is 0 Å². The van der Waals surface area contributed by atoms with E-state index in [1.54, 1.807) is 30.3 Å². The van der Waals surface area contributed by atoms with E-state index in [2.05, 4.69) is 10.1 Å². The monoisotopic (exact) mass is 249 g/mol. The molecular formula is C13H15NO4. The number of ether oxygens (including phenoxy) is 1. The lowest BCUT2D eigenvalue weighted by atomic mass is 10.1. The van der Waals surface area contributed by atoms with E-state index in [0.717, 1.165) is 5.56 Å². The summed E-state index contributed by atoms with van der Waals surface area (Å²) in [5, 5.41) is 11.0. The zero-order valence-corrected chi connectivity index (χ0v) is 10.1. The van der Waals surface area contributed by atoms with Crippen LogP contribution in [0.2, 0.25) is 0 Å². The standard InChI is InChI=1S/C13H15NO4/c1-18-13(17)11-5-2-10(3-6-11)4-7-12(16)14-8-9-15/h2-7,15H,8-9H2,1H3,(H,14,16)/b7-4+. The van der Waals surface area contributed by atoms with Gasteiger partial charge >= 0.3 is 5.97 Å². The maximum atomic E-state index is 11.2. The Morgan fingerprint density at radius 3 is 2.56 bits per heavy atom. The van der Waals surface area contributed by atoms with Gasteiger partial charge in [-0.3, -0.25) is 4.79 Å². The fourth-order valence-corrected chi connectivity index (χ4v) is 1.26. The minimum Gasteiger partial charge on any atom is -0.465 e. The van der Waals surface area contributed by atoms with E-state index in [0.29, 0.717) is 5.56 Å². The van der Waals surface area contributed by atoms with Crippen LogP contribution in [-0.4, -0.2) is 37.2 Å². The lowest BCUT2D eigenvalue weighted by Gasteiger charge is -2.00. The zero-order chi connectivity index (χ0) is 13.4. The number of rotatable bonds is 5. The summed E-state index contributed by atoms with van der Waals surface area (Å²) in [5.41, 5.74) is 1.25. The summed E-state index contributed by atoms with van der Waals surface area (Å²) in [4.78, 5) is 22.4. The van der Waals surface area contributed by atoms with E-state index in [-0.39, 0.29) is 19.1 Å². The molecule has 0 heterocycles. The molecule has 96 valence electrons. The topological polar surface area (TPSA) is 75.6 Å². The minimum atomic E-state index is -0.397. The van der Waals surface area contributed by atoms with E-state index in [1.165, 1.54) is 13.2 Å². The van der Waals surface area contributed by atoms with Gasteiger partial charge in [0.2, 0.25) is 5.91 Å². The third-order valence-electron chi connectivity index (χ3n) is 2.17. The predicted octanol–water partition coefficient (Wildman–Crippen LogP) is 0.595. The van der Waals surface area contributed by atoms with Crippen molar-refractivity contribution in [3.05, 3.63) is 41.5 Å². The van der Waals surface area contributed by atoms with Gasteiger partial charge in [0.1, 0.15) is 0 Å². The quantitative estimate of drug-likeness (QED) is 0.591. The average molecular weight is 249 g/mol. The van der Waals surface area contributed by atoms with Crippen molar-refractivity contribution in [2.45, 2.75) is 0 Å². The summed E-state index contributed by atoms with van der Waals surface area (Å²) < 4.78 is 4.57. The molecule has 0 unspecified atom stereocenters. The molecule has 1 rings (SSSR count). The van der Waals surface area contributed by atoms with Crippen LogP contribution >= 0.6 is 0 Å². The third kappa shape index (κ3) is 4.39. The van der Waals surface area contributed by atoms with Gasteiger partial charge in [0.25, 0.3) is 0 Å². The first-order chi connectivity index (χ1) is 8.67. The minimum absolute atomic E-state index is 0.0899. The van der Waals surface area contributed by atoms with Crippen molar-refractivity contribution in [3.8, 4) is 0 Å². The fourth-order valence-electron chi connectivity index (χ4n) is 1.26. The van der Waals surface area contributed by atoms with E-state index < -0.39 is 5.97 Å². The van der Waals surface area contributed by atoms with Crippen LogP contribution < -0.4 is 5.32 Å². The van der Waals surface area contributed by atoms with Crippen LogP contribution in [0.4, 0.5) is 0 Å². The Balaban J connectivity index is 2.60. The van der Waals surface area contributed by atoms with Crippen LogP contribution in [0, 0.1) is 0 Å². The Kier molecular flexibility index (Phi) is 5.60. The number of aliphatic hydroxyl groups excluding tert-OH is 1. The molecule has 1 aromatic carbocycles. The van der Waals surface area contributed by atoms with Crippen LogP contribution in [0.25, 0.3) is 6.08 Å². The highest BCUT2D eigenvalue weighted by Gasteiger charge is 2.03. The summed E-state index contributed by atoms with van der Waals surface area (Å²) in [6.45, 7) is 0.137. The van der Waals surface area contributed by atoms with Crippen LogP contribution in [0.3, 0.4) is 0 Å². The molecule has 0 atom stereocenters. The molecule has 0 radical (unpaired) electrons. The van der Waals surface area contributed by atoms with E-state index in [1.807, 2.05) is 0 Å². The molecule has 5 heteroatoms. The molecular weight excluding hydrogens is 234 g/mol. The number of carbonyl (C=O) groups is 2. The Morgan fingerprint density at radius 1 is 1.33 bits per heavy atom. The molecule has 0 aliphatic rings. The molecule has 0 aliphatic carbocycles. The Morgan fingerprint density at radius 2 is 2.00 bits per heavy atom. The van der Waals surface area contributed by atoms with E-state index in [9.17, 15) is 9.59 Å². The van der Waals surface area contributed by atoms with Crippen molar-refractivity contribution < 1.29 is 19.4 Å². The number of hydrogen-bond donors (Lipinski definition) is 2. The largest absolute Gasteiger partial charge is 0.465 e. The molecule has 2 N–H and O–H groups in total. The van der Waals surface area contributed by atoms with Gasteiger partial charge in [-0.2, -0.15) is 0 Å². The highest BCUT2D eigenvalue weighted by Crippen LogP contribution is 2.07. The second kappa shape index (κ2) is 7.24. The zero-order valence-electron chi connectivity index (χ0n) is 10.1. The molecule has 0 bridgehead atoms. The molecule has 0 spiro atoms. The molecule has 1 amide bonds. The van der Waals surface area contributed by atoms with E-state index >= 15 is 0 Å². The number of hydrogen-bond acceptors (Lipinski definition) is 4. The summed E-state index contributed by atoms with van der Waals surface area (Å²) >= 11 is 0. The van der Waals surface area contributed by atoms with Crippen molar-refractivity contribution in [1.82, 2.24) is 5.32 Å². The first-order valence-electron chi connectivity index (χ1n) is 5.42. The van der Waals surface area contributed by atoms with Gasteiger partial charge in [0.05, 0.1) is 19.3 Å². The Labute approximate surface area is 105 Å². The lowest BCUT2D eigenvalue weighted by molar-refractivity contribution is -0.116. The molecule has 0 saturated heterocycles. The van der Waals surface area contributed by atoms with Crippen molar-refractivity contribution in [1.29, 1.82) is 0 Å². The second-order valence-corrected chi connectivity index (χ2v) is 3.46. The number of amides is 1. The van der Waals surface area contributed by atoms with Gasteiger partial charge in [-0.1, -0.05) is 12.1 Å². The number of benzene rings is 1. The highest BCUT2D eigenvalue weighted by atomic mass is 16.5. The van der Waals surface area contributed by atoms with Gasteiger partial charge in [-0.05, 0) is 23.8 Å². The smallest absolute Gasteiger partial charge is 0.337 e. The van der Waals surface area contributed by atoms with Crippen molar-refractivity contribution in [3.63, 3.8) is 0 Å². The fraction of sp³-hybridized carbons (Fsp3) is 0.231. The number of aliphatic hydroxyl groups is 1. The third-order valence-corrected chi connectivity index (χ3v) is 2.17. The molecule has 0 saturated carbocycles. The van der Waals surface area contributed by atoms with Crippen LogP contribution in [0.1, 0.15) is 15.9 Å². The number of methoxy groups -OCH3 is 1. The Hall–Kier alpha value is -2.14. The Bertz CT molecular complexity index is 437. The maximum absolute atomic E-state index is 11.2. The normalized spacial score (nSPS) is 10.3. The average Bonchev–Trinajstić information content (AvgIpc) is 2.42. The highest BCUT2D eigenvalue weighted by molar-refractivity contribution is 5.92. The molecule has 0 fully saturated rings. The first kappa shape index (κ1) is 13.9. The van der Waals surface area contributed by atoms with Crippen molar-refractivity contribution in [2.24, 2.45) is 0 Å². The predicted molar refractivity (Wildman–Crippen MR) is 66.9 cm³/mol. The van der Waals surface area contributed by atoms with Crippen molar-refractivity contribution in [2.75, 3.05) is 20.3 Å². The van der Waals surface area contributed by atoms with Gasteiger partial charge in [0, 0.05) is 12.6 Å². The van der Waals surface area contributed by atoms with E-state index in [4.69, 9.17) is 5.11 Å². The van der Waals surface area contributed by atoms with Crippen LogP contribution in [0.5, 0.6) is 0 Å². The molecule has 0 aromatic heterocycles. The summed E-state index contributed by atoms with van der Waals surface area (Å²) in [7, 11) is 1.32. The number of carbonyl (C=O) groups excluding carboxylic acids is 2.